The molecule has 156 valence electrons. The van der Waals surface area contributed by atoms with E-state index in [1.54, 1.807) is 24.3 Å². The lowest BCUT2D eigenvalue weighted by Crippen LogP contribution is -2.21. The second-order valence-corrected chi connectivity index (χ2v) is 8.56. The molecular formula is C22H22N2O4S2. The van der Waals surface area contributed by atoms with Gasteiger partial charge in [-0.3, -0.25) is 9.59 Å². The van der Waals surface area contributed by atoms with Crippen LogP contribution in [0.4, 0.5) is 5.69 Å². The lowest BCUT2D eigenvalue weighted by molar-refractivity contribution is -0.118. The number of hydrogen-bond acceptors (Lipinski definition) is 6. The number of ether oxygens (including phenoxy) is 2. The summed E-state index contributed by atoms with van der Waals surface area (Å²) in [7, 11) is 1.52. The third-order valence-corrected chi connectivity index (χ3v) is 5.51. The van der Waals surface area contributed by atoms with Crippen molar-refractivity contribution in [3.05, 3.63) is 58.5 Å². The molecule has 3 rings (SSSR count). The zero-order valence-corrected chi connectivity index (χ0v) is 18.5. The van der Waals surface area contributed by atoms with Crippen LogP contribution >= 0.6 is 24.0 Å². The predicted octanol–water partition coefficient (Wildman–Crippen LogP) is 4.32. The molecule has 0 atom stereocenters. The topological polar surface area (TPSA) is 76.7 Å². The molecule has 1 saturated heterocycles. The van der Waals surface area contributed by atoms with Crippen LogP contribution in [-0.2, 0) is 9.59 Å². The Morgan fingerprint density at radius 3 is 2.67 bits per heavy atom. The van der Waals surface area contributed by atoms with Crippen molar-refractivity contribution in [3.63, 3.8) is 0 Å². The highest BCUT2D eigenvalue weighted by Gasteiger charge is 2.22. The molecule has 2 amide bonds. The van der Waals surface area contributed by atoms with Gasteiger partial charge < -0.3 is 20.1 Å². The van der Waals surface area contributed by atoms with Gasteiger partial charge >= 0.3 is 0 Å². The highest BCUT2D eigenvalue weighted by Crippen LogP contribution is 2.31. The first-order valence-corrected chi connectivity index (χ1v) is 10.5. The van der Waals surface area contributed by atoms with E-state index in [4.69, 9.17) is 21.7 Å². The molecule has 0 unspecified atom stereocenters. The number of methoxy groups -OCH3 is 1. The van der Waals surface area contributed by atoms with Crippen molar-refractivity contribution < 1.29 is 19.1 Å². The van der Waals surface area contributed by atoms with Crippen molar-refractivity contribution in [2.24, 2.45) is 0 Å². The van der Waals surface area contributed by atoms with E-state index in [0.29, 0.717) is 26.6 Å². The summed E-state index contributed by atoms with van der Waals surface area (Å²) in [6, 6.07) is 12.9. The Morgan fingerprint density at radius 1 is 1.23 bits per heavy atom. The van der Waals surface area contributed by atoms with E-state index in [2.05, 4.69) is 24.5 Å². The number of carbonyl (C=O) groups is 2. The maximum Gasteiger partial charge on any atom is 0.263 e. The van der Waals surface area contributed by atoms with Crippen LogP contribution in [0.25, 0.3) is 6.08 Å². The molecule has 1 aliphatic heterocycles. The Morgan fingerprint density at radius 2 is 2.00 bits per heavy atom. The number of carbonyl (C=O) groups excluding carboxylic acids is 2. The van der Waals surface area contributed by atoms with E-state index in [1.165, 1.54) is 18.9 Å². The minimum Gasteiger partial charge on any atom is -0.493 e. The summed E-state index contributed by atoms with van der Waals surface area (Å²) >= 11 is 6.21. The van der Waals surface area contributed by atoms with Gasteiger partial charge in [-0.25, -0.2) is 0 Å². The first-order chi connectivity index (χ1) is 14.4. The molecule has 0 saturated carbocycles. The molecule has 0 aliphatic carbocycles. The van der Waals surface area contributed by atoms with Gasteiger partial charge in [0, 0.05) is 5.69 Å². The first-order valence-electron chi connectivity index (χ1n) is 9.32. The van der Waals surface area contributed by atoms with Crippen LogP contribution in [0.15, 0.2) is 47.4 Å². The number of thiocarbonyl (C=S) groups is 1. The molecule has 6 nitrogen and oxygen atoms in total. The average Bonchev–Trinajstić information content (AvgIpc) is 3.03. The van der Waals surface area contributed by atoms with Gasteiger partial charge in [0.2, 0.25) is 0 Å². The SMILES string of the molecule is COc1cc(/C=C2/SC(=S)NC2=O)ccc1OCC(=O)Nc1ccccc1C(C)C. The summed E-state index contributed by atoms with van der Waals surface area (Å²) in [5.74, 6) is 0.710. The van der Waals surface area contributed by atoms with E-state index in [1.807, 2.05) is 24.3 Å². The summed E-state index contributed by atoms with van der Waals surface area (Å²) in [4.78, 5) is 24.7. The van der Waals surface area contributed by atoms with Crippen molar-refractivity contribution in [2.75, 3.05) is 19.0 Å². The fourth-order valence-electron chi connectivity index (χ4n) is 2.91. The molecule has 0 aromatic heterocycles. The number of anilines is 1. The van der Waals surface area contributed by atoms with Gasteiger partial charge in [-0.15, -0.1) is 0 Å². The molecule has 8 heteroatoms. The zero-order chi connectivity index (χ0) is 21.7. The lowest BCUT2D eigenvalue weighted by atomic mass is 10.0. The number of rotatable bonds is 7. The smallest absolute Gasteiger partial charge is 0.263 e. The summed E-state index contributed by atoms with van der Waals surface area (Å²) in [5.41, 5.74) is 2.60. The Balaban J connectivity index is 1.67. The second kappa shape index (κ2) is 9.77. The molecule has 1 heterocycles. The lowest BCUT2D eigenvalue weighted by Gasteiger charge is -2.15. The Kier molecular flexibility index (Phi) is 7.12. The summed E-state index contributed by atoms with van der Waals surface area (Å²) in [6.07, 6.45) is 1.72. The molecule has 2 N–H and O–H groups in total. The van der Waals surface area contributed by atoms with E-state index < -0.39 is 0 Å². The molecule has 0 spiro atoms. The van der Waals surface area contributed by atoms with E-state index in [0.717, 1.165) is 16.8 Å². The molecule has 2 aromatic rings. The van der Waals surface area contributed by atoms with Crippen molar-refractivity contribution in [1.29, 1.82) is 0 Å². The van der Waals surface area contributed by atoms with Crippen LogP contribution in [0.5, 0.6) is 11.5 Å². The highest BCUT2D eigenvalue weighted by molar-refractivity contribution is 8.26. The third-order valence-electron chi connectivity index (χ3n) is 4.34. The molecule has 1 aliphatic rings. The van der Waals surface area contributed by atoms with Crippen LogP contribution in [0.3, 0.4) is 0 Å². The molecule has 1 fully saturated rings. The number of para-hydroxylation sites is 1. The van der Waals surface area contributed by atoms with E-state index >= 15 is 0 Å². The quantitative estimate of drug-likeness (QED) is 0.491. The van der Waals surface area contributed by atoms with Gasteiger partial charge in [-0.05, 0) is 41.3 Å². The first kappa shape index (κ1) is 21.9. The van der Waals surface area contributed by atoms with Gasteiger partial charge in [0.1, 0.15) is 4.32 Å². The van der Waals surface area contributed by atoms with Crippen molar-refractivity contribution in [2.45, 2.75) is 19.8 Å². The number of thioether (sulfide) groups is 1. The largest absolute Gasteiger partial charge is 0.493 e. The Bertz CT molecular complexity index is 1020. The molecule has 30 heavy (non-hydrogen) atoms. The van der Waals surface area contributed by atoms with Crippen molar-refractivity contribution in [1.82, 2.24) is 5.32 Å². The maximum absolute atomic E-state index is 12.4. The average molecular weight is 443 g/mol. The fraction of sp³-hybridized carbons (Fsp3) is 0.227. The standard InChI is InChI=1S/C22H22N2O4S2/c1-13(2)15-6-4-5-7-16(15)23-20(25)12-28-17-9-8-14(10-18(17)27-3)11-19-21(26)24-22(29)30-19/h4-11,13H,12H2,1-3H3,(H,23,25)(H,24,26,29)/b19-11+. The highest BCUT2D eigenvalue weighted by atomic mass is 32.2. The molecule has 2 aromatic carbocycles. The van der Waals surface area contributed by atoms with Crippen molar-refractivity contribution in [3.8, 4) is 11.5 Å². The number of benzene rings is 2. The van der Waals surface area contributed by atoms with Crippen LogP contribution in [-0.4, -0.2) is 29.9 Å². The monoisotopic (exact) mass is 442 g/mol. The third kappa shape index (κ3) is 5.40. The van der Waals surface area contributed by atoms with Gasteiger partial charge in [0.05, 0.1) is 12.0 Å². The zero-order valence-electron chi connectivity index (χ0n) is 16.9. The normalized spacial score (nSPS) is 14.7. The Hall–Kier alpha value is -2.84. The molecule has 0 radical (unpaired) electrons. The van der Waals surface area contributed by atoms with Crippen LogP contribution < -0.4 is 20.1 Å². The minimum absolute atomic E-state index is 0.157. The van der Waals surface area contributed by atoms with E-state index in [-0.39, 0.29) is 18.4 Å². The van der Waals surface area contributed by atoms with Crippen LogP contribution in [0.2, 0.25) is 0 Å². The van der Waals surface area contributed by atoms with Gasteiger partial charge in [-0.2, -0.15) is 0 Å². The fourth-order valence-corrected chi connectivity index (χ4v) is 3.95. The van der Waals surface area contributed by atoms with Crippen LogP contribution in [0, 0.1) is 0 Å². The second-order valence-electron chi connectivity index (χ2n) is 6.84. The summed E-state index contributed by atoms with van der Waals surface area (Å²) < 4.78 is 11.5. The van der Waals surface area contributed by atoms with Crippen molar-refractivity contribution >= 4 is 51.9 Å². The summed E-state index contributed by atoms with van der Waals surface area (Å²) in [6.45, 7) is 3.99. The number of nitrogens with one attached hydrogen (secondary N) is 2. The Labute approximate surface area is 185 Å². The predicted molar refractivity (Wildman–Crippen MR) is 124 cm³/mol. The molecular weight excluding hydrogens is 420 g/mol. The maximum atomic E-state index is 12.4. The van der Waals surface area contributed by atoms with Gasteiger partial charge in [-0.1, -0.05) is 62.1 Å². The van der Waals surface area contributed by atoms with Gasteiger partial charge in [0.25, 0.3) is 11.8 Å². The molecule has 0 bridgehead atoms. The van der Waals surface area contributed by atoms with Gasteiger partial charge in [0.15, 0.2) is 18.1 Å². The summed E-state index contributed by atoms with van der Waals surface area (Å²) in [5, 5.41) is 5.47. The van der Waals surface area contributed by atoms with Crippen LogP contribution in [0.1, 0.15) is 30.9 Å². The van der Waals surface area contributed by atoms with E-state index in [9.17, 15) is 9.59 Å². The minimum atomic E-state index is -0.260. The number of hydrogen-bond donors (Lipinski definition) is 2. The number of amides is 2.